The van der Waals surface area contributed by atoms with Gasteiger partial charge in [-0.3, -0.25) is 0 Å². The lowest BCUT2D eigenvalue weighted by Crippen LogP contribution is -2.13. The van der Waals surface area contributed by atoms with Crippen LogP contribution in [0.15, 0.2) is 18.2 Å². The van der Waals surface area contributed by atoms with Gasteiger partial charge in [-0.1, -0.05) is 6.07 Å². The minimum absolute atomic E-state index is 0.0409. The van der Waals surface area contributed by atoms with Crippen LogP contribution in [0.4, 0.5) is 17.6 Å². The number of halogens is 4. The molecular weight excluding hydrogens is 236 g/mol. The highest BCUT2D eigenvalue weighted by Gasteiger charge is 2.40. The molecule has 0 heterocycles. The predicted molar refractivity (Wildman–Crippen MR) is 53.9 cm³/mol. The van der Waals surface area contributed by atoms with Crippen molar-refractivity contribution in [2.24, 2.45) is 0 Å². The van der Waals surface area contributed by atoms with Gasteiger partial charge in [0.15, 0.2) is 0 Å². The van der Waals surface area contributed by atoms with Crippen molar-refractivity contribution in [1.82, 2.24) is 0 Å². The molecule has 0 saturated heterocycles. The van der Waals surface area contributed by atoms with E-state index in [0.717, 1.165) is 12.1 Å². The maximum atomic E-state index is 12.8. The topological polar surface area (TPSA) is 20.2 Å². The number of aryl methyl sites for hydroxylation is 1. The van der Waals surface area contributed by atoms with Crippen molar-refractivity contribution in [2.75, 3.05) is 0 Å². The number of benzene rings is 1. The Bertz CT molecular complexity index is 421. The third kappa shape index (κ3) is 2.97. The smallest absolute Gasteiger partial charge is 0.390 e. The van der Waals surface area contributed by atoms with E-state index in [0.29, 0.717) is 25.3 Å². The van der Waals surface area contributed by atoms with Gasteiger partial charge in [-0.25, -0.2) is 4.39 Å². The molecule has 0 spiro atoms. The average Bonchev–Trinajstić information content (AvgIpc) is 2.94. The molecule has 1 nitrogen and oxygen atoms in total. The van der Waals surface area contributed by atoms with E-state index in [9.17, 15) is 22.7 Å². The first-order chi connectivity index (χ1) is 7.80. The zero-order valence-corrected chi connectivity index (χ0v) is 9.02. The zero-order valence-electron chi connectivity index (χ0n) is 9.02. The minimum Gasteiger partial charge on any atom is -0.390 e. The Kier molecular flexibility index (Phi) is 2.89. The Hall–Kier alpha value is -1.10. The monoisotopic (exact) mass is 248 g/mol. The van der Waals surface area contributed by atoms with Crippen LogP contribution in [0.2, 0.25) is 0 Å². The summed E-state index contributed by atoms with van der Waals surface area (Å²) in [5, 5.41) is 9.58. The highest BCUT2D eigenvalue weighted by molar-refractivity contribution is 5.31. The van der Waals surface area contributed by atoms with Crippen LogP contribution >= 0.6 is 0 Å². The maximum Gasteiger partial charge on any atom is 0.416 e. The summed E-state index contributed by atoms with van der Waals surface area (Å²) in [6, 6.07) is 2.66. The van der Waals surface area contributed by atoms with E-state index in [1.807, 2.05) is 0 Å². The van der Waals surface area contributed by atoms with Crippen LogP contribution in [0.1, 0.15) is 30.4 Å². The van der Waals surface area contributed by atoms with E-state index in [-0.39, 0.29) is 12.0 Å². The van der Waals surface area contributed by atoms with Crippen molar-refractivity contribution in [1.29, 1.82) is 0 Å². The standard InChI is InChI=1S/C12H12F4O/c13-9-2-1-8(3-4-11(17)5-6-11)10(7-9)12(14,15)16/h1-2,7,17H,3-6H2. The molecule has 0 aliphatic heterocycles. The Morgan fingerprint density at radius 2 is 1.88 bits per heavy atom. The molecule has 17 heavy (non-hydrogen) atoms. The van der Waals surface area contributed by atoms with E-state index in [1.165, 1.54) is 0 Å². The van der Waals surface area contributed by atoms with Gasteiger partial charge in [0.25, 0.3) is 0 Å². The van der Waals surface area contributed by atoms with Crippen LogP contribution in [0.5, 0.6) is 0 Å². The van der Waals surface area contributed by atoms with Crippen LogP contribution in [0.25, 0.3) is 0 Å². The molecule has 0 aromatic heterocycles. The summed E-state index contributed by atoms with van der Waals surface area (Å²) in [5.74, 6) is -0.897. The van der Waals surface area contributed by atoms with Crippen LogP contribution in [-0.4, -0.2) is 10.7 Å². The molecule has 1 aliphatic carbocycles. The minimum atomic E-state index is -4.55. The molecule has 0 bridgehead atoms. The lowest BCUT2D eigenvalue weighted by atomic mass is 10.00. The van der Waals surface area contributed by atoms with E-state index in [1.54, 1.807) is 0 Å². The fourth-order valence-electron chi connectivity index (χ4n) is 1.79. The molecule has 1 fully saturated rings. The molecule has 0 amide bonds. The number of hydrogen-bond donors (Lipinski definition) is 1. The summed E-state index contributed by atoms with van der Waals surface area (Å²) in [5.41, 5.74) is -1.70. The Morgan fingerprint density at radius 1 is 1.24 bits per heavy atom. The van der Waals surface area contributed by atoms with E-state index < -0.39 is 23.2 Å². The Morgan fingerprint density at radius 3 is 2.41 bits per heavy atom. The van der Waals surface area contributed by atoms with E-state index in [2.05, 4.69) is 0 Å². The highest BCUT2D eigenvalue weighted by Crippen LogP contribution is 2.40. The van der Waals surface area contributed by atoms with Gasteiger partial charge in [-0.2, -0.15) is 13.2 Å². The van der Waals surface area contributed by atoms with E-state index in [4.69, 9.17) is 0 Å². The summed E-state index contributed by atoms with van der Waals surface area (Å²) < 4.78 is 50.7. The lowest BCUT2D eigenvalue weighted by molar-refractivity contribution is -0.138. The van der Waals surface area contributed by atoms with Crippen molar-refractivity contribution in [2.45, 2.75) is 37.5 Å². The number of hydrogen-bond acceptors (Lipinski definition) is 1. The molecule has 1 N–H and O–H groups in total. The second-order valence-corrected chi connectivity index (χ2v) is 4.52. The van der Waals surface area contributed by atoms with Crippen molar-refractivity contribution in [3.05, 3.63) is 35.1 Å². The first-order valence-corrected chi connectivity index (χ1v) is 5.38. The van der Waals surface area contributed by atoms with Crippen LogP contribution in [0, 0.1) is 5.82 Å². The van der Waals surface area contributed by atoms with Gasteiger partial charge in [0.05, 0.1) is 11.2 Å². The normalized spacial score (nSPS) is 18.2. The molecule has 1 saturated carbocycles. The largest absolute Gasteiger partial charge is 0.416 e. The van der Waals surface area contributed by atoms with Gasteiger partial charge in [-0.05, 0) is 43.4 Å². The van der Waals surface area contributed by atoms with Crippen LogP contribution in [0.3, 0.4) is 0 Å². The lowest BCUT2D eigenvalue weighted by Gasteiger charge is -2.14. The molecule has 1 aliphatic rings. The van der Waals surface area contributed by atoms with Gasteiger partial charge in [0.1, 0.15) is 5.82 Å². The van der Waals surface area contributed by atoms with Crippen molar-refractivity contribution in [3.8, 4) is 0 Å². The van der Waals surface area contributed by atoms with Crippen LogP contribution in [-0.2, 0) is 12.6 Å². The summed E-state index contributed by atoms with van der Waals surface area (Å²) in [7, 11) is 0. The highest BCUT2D eigenvalue weighted by atomic mass is 19.4. The molecule has 0 unspecified atom stereocenters. The van der Waals surface area contributed by atoms with Gasteiger partial charge < -0.3 is 5.11 Å². The first-order valence-electron chi connectivity index (χ1n) is 5.38. The fraction of sp³-hybridized carbons (Fsp3) is 0.500. The molecule has 1 aromatic rings. The Balaban J connectivity index is 2.20. The van der Waals surface area contributed by atoms with Crippen molar-refractivity contribution >= 4 is 0 Å². The molecule has 1 aromatic carbocycles. The molecule has 94 valence electrons. The molecule has 2 rings (SSSR count). The third-order valence-corrected chi connectivity index (χ3v) is 3.06. The quantitative estimate of drug-likeness (QED) is 0.814. The third-order valence-electron chi connectivity index (χ3n) is 3.06. The summed E-state index contributed by atoms with van der Waals surface area (Å²) in [6.07, 6.45) is -2.87. The van der Waals surface area contributed by atoms with E-state index >= 15 is 0 Å². The van der Waals surface area contributed by atoms with Gasteiger partial charge in [0.2, 0.25) is 0 Å². The summed E-state index contributed by atoms with van der Waals surface area (Å²) in [6.45, 7) is 0. The van der Waals surface area contributed by atoms with Crippen molar-refractivity contribution in [3.63, 3.8) is 0 Å². The zero-order chi connectivity index (χ0) is 12.7. The first kappa shape index (κ1) is 12.4. The molecular formula is C12H12F4O. The van der Waals surface area contributed by atoms with Gasteiger partial charge in [-0.15, -0.1) is 0 Å². The second kappa shape index (κ2) is 3.98. The summed E-state index contributed by atoms with van der Waals surface area (Å²) >= 11 is 0. The summed E-state index contributed by atoms with van der Waals surface area (Å²) in [4.78, 5) is 0. The SMILES string of the molecule is OC1(CCc2ccc(F)cc2C(F)(F)F)CC1. The Labute approximate surface area is 96.1 Å². The van der Waals surface area contributed by atoms with Crippen LogP contribution < -0.4 is 0 Å². The van der Waals surface area contributed by atoms with Crippen molar-refractivity contribution < 1.29 is 22.7 Å². The predicted octanol–water partition coefficient (Wildman–Crippen LogP) is 3.30. The fourth-order valence-corrected chi connectivity index (χ4v) is 1.79. The molecule has 5 heteroatoms. The number of alkyl halides is 3. The maximum absolute atomic E-state index is 12.8. The average molecular weight is 248 g/mol. The van der Waals surface area contributed by atoms with Gasteiger partial charge in [0, 0.05) is 0 Å². The second-order valence-electron chi connectivity index (χ2n) is 4.52. The number of rotatable bonds is 3. The number of aliphatic hydroxyl groups is 1. The molecule has 0 radical (unpaired) electrons. The van der Waals surface area contributed by atoms with Gasteiger partial charge >= 0.3 is 6.18 Å². The molecule has 0 atom stereocenters.